The number of nitrogens with one attached hydrogen (secondary N) is 3. The smallest absolute Gasteiger partial charge is 0.328 e. The Morgan fingerprint density at radius 2 is 1.58 bits per heavy atom. The summed E-state index contributed by atoms with van der Waals surface area (Å²) >= 11 is 0. The van der Waals surface area contributed by atoms with Gasteiger partial charge in [-0.3, -0.25) is 19.2 Å². The molecule has 0 fully saturated rings. The molecule has 0 radical (unpaired) electrons. The highest BCUT2D eigenvalue weighted by Gasteiger charge is 2.27. The molecule has 12 heteroatoms. The van der Waals surface area contributed by atoms with E-state index in [-0.39, 0.29) is 5.92 Å². The van der Waals surface area contributed by atoms with Gasteiger partial charge in [0.2, 0.25) is 23.6 Å². The fraction of sp³-hybridized carbons (Fsp3) is 0.643. The largest absolute Gasteiger partial charge is 0.480 e. The van der Waals surface area contributed by atoms with Crippen LogP contribution in [0.4, 0.5) is 0 Å². The summed E-state index contributed by atoms with van der Waals surface area (Å²) in [6, 6.07) is -3.78. The molecule has 26 heavy (non-hydrogen) atoms. The molecule has 0 rings (SSSR count). The van der Waals surface area contributed by atoms with E-state index in [0.717, 1.165) is 0 Å². The van der Waals surface area contributed by atoms with Crippen LogP contribution in [-0.2, 0) is 24.0 Å². The molecule has 3 atom stereocenters. The summed E-state index contributed by atoms with van der Waals surface area (Å²) < 4.78 is 0. The van der Waals surface area contributed by atoms with Gasteiger partial charge in [-0.15, -0.1) is 0 Å². The molecule has 0 heterocycles. The summed E-state index contributed by atoms with van der Waals surface area (Å²) in [7, 11) is 0. The third-order valence-corrected chi connectivity index (χ3v) is 3.30. The van der Waals surface area contributed by atoms with Crippen molar-refractivity contribution in [2.24, 2.45) is 17.4 Å². The molecule has 9 N–H and O–H groups in total. The first kappa shape index (κ1) is 23.3. The Labute approximate surface area is 149 Å². The van der Waals surface area contributed by atoms with Crippen molar-refractivity contribution >= 4 is 29.6 Å². The van der Waals surface area contributed by atoms with Crippen molar-refractivity contribution in [1.29, 1.82) is 0 Å². The Morgan fingerprint density at radius 3 is 2.00 bits per heavy atom. The third-order valence-electron chi connectivity index (χ3n) is 3.30. The van der Waals surface area contributed by atoms with Gasteiger partial charge in [0.1, 0.15) is 12.1 Å². The van der Waals surface area contributed by atoms with Crippen LogP contribution in [0, 0.1) is 5.92 Å². The lowest BCUT2D eigenvalue weighted by Crippen LogP contribution is -2.55. The van der Waals surface area contributed by atoms with E-state index in [1.54, 1.807) is 13.8 Å². The first-order chi connectivity index (χ1) is 12.0. The van der Waals surface area contributed by atoms with Crippen LogP contribution in [-0.4, -0.2) is 71.1 Å². The summed E-state index contributed by atoms with van der Waals surface area (Å²) in [5, 5.41) is 23.9. The van der Waals surface area contributed by atoms with Crippen LogP contribution in [0.3, 0.4) is 0 Å². The number of carbonyl (C=O) groups is 5. The van der Waals surface area contributed by atoms with Gasteiger partial charge >= 0.3 is 5.97 Å². The summed E-state index contributed by atoms with van der Waals surface area (Å²) in [4.78, 5) is 57.4. The normalized spacial score (nSPS) is 14.0. The van der Waals surface area contributed by atoms with Gasteiger partial charge in [-0.05, 0) is 5.92 Å². The number of rotatable bonds is 11. The Hall–Kier alpha value is -2.73. The van der Waals surface area contributed by atoms with Gasteiger partial charge in [0, 0.05) is 0 Å². The predicted molar refractivity (Wildman–Crippen MR) is 88.2 cm³/mol. The Bertz CT molecular complexity index is 552. The number of aliphatic carboxylic acids is 1. The van der Waals surface area contributed by atoms with Gasteiger partial charge in [-0.1, -0.05) is 13.8 Å². The maximum Gasteiger partial charge on any atom is 0.328 e. The number of primary amides is 1. The molecule has 0 saturated carbocycles. The average Bonchev–Trinajstić information content (AvgIpc) is 2.55. The molecule has 0 bridgehead atoms. The second-order valence-electron chi connectivity index (χ2n) is 5.86. The van der Waals surface area contributed by atoms with Gasteiger partial charge < -0.3 is 37.6 Å². The SMILES string of the molecule is CC(C)C(N)C(=O)NC(CC(N)=O)C(=O)NCC(=O)NC(CO)C(=O)O. The molecule has 148 valence electrons. The number of carbonyl (C=O) groups excluding carboxylic acids is 4. The molecule has 0 saturated heterocycles. The molecular weight excluding hydrogens is 350 g/mol. The van der Waals surface area contributed by atoms with E-state index in [2.05, 4.69) is 10.6 Å². The van der Waals surface area contributed by atoms with Crippen LogP contribution in [0.2, 0.25) is 0 Å². The predicted octanol–water partition coefficient (Wildman–Crippen LogP) is -3.99. The number of amides is 4. The third kappa shape index (κ3) is 8.39. The van der Waals surface area contributed by atoms with Crippen molar-refractivity contribution in [3.63, 3.8) is 0 Å². The van der Waals surface area contributed by atoms with Crippen LogP contribution < -0.4 is 27.4 Å². The van der Waals surface area contributed by atoms with Gasteiger partial charge in [0.15, 0.2) is 0 Å². The second-order valence-corrected chi connectivity index (χ2v) is 5.86. The lowest BCUT2D eigenvalue weighted by atomic mass is 10.0. The highest BCUT2D eigenvalue weighted by molar-refractivity contribution is 5.95. The zero-order chi connectivity index (χ0) is 20.4. The van der Waals surface area contributed by atoms with E-state index < -0.39 is 67.3 Å². The quantitative estimate of drug-likeness (QED) is 0.188. The van der Waals surface area contributed by atoms with Crippen LogP contribution in [0.5, 0.6) is 0 Å². The van der Waals surface area contributed by atoms with Crippen LogP contribution in [0.25, 0.3) is 0 Å². The van der Waals surface area contributed by atoms with Crippen molar-refractivity contribution in [3.05, 3.63) is 0 Å². The Morgan fingerprint density at radius 1 is 1.00 bits per heavy atom. The molecule has 4 amide bonds. The minimum absolute atomic E-state index is 0.218. The fourth-order valence-corrected chi connectivity index (χ4v) is 1.70. The topological polar surface area (TPSA) is 214 Å². The minimum Gasteiger partial charge on any atom is -0.480 e. The fourth-order valence-electron chi connectivity index (χ4n) is 1.70. The maximum absolute atomic E-state index is 12.1. The van der Waals surface area contributed by atoms with Gasteiger partial charge in [-0.25, -0.2) is 4.79 Å². The summed E-state index contributed by atoms with van der Waals surface area (Å²) in [6.45, 7) is 1.92. The Kier molecular flexibility index (Phi) is 9.84. The van der Waals surface area contributed by atoms with Crippen molar-refractivity contribution in [2.75, 3.05) is 13.2 Å². The molecule has 3 unspecified atom stereocenters. The Balaban J connectivity index is 4.79. The zero-order valence-electron chi connectivity index (χ0n) is 14.5. The van der Waals surface area contributed by atoms with Crippen molar-refractivity contribution in [2.45, 2.75) is 38.4 Å². The highest BCUT2D eigenvalue weighted by atomic mass is 16.4. The molecular formula is C14H25N5O7. The van der Waals surface area contributed by atoms with Crippen LogP contribution in [0.1, 0.15) is 20.3 Å². The standard InChI is InChI=1S/C14H25N5O7/c1-6(2)11(16)13(24)19-7(3-9(15)21)12(23)17-4-10(22)18-8(5-20)14(25)26/h6-8,11,20H,3-5,16H2,1-2H3,(H2,15,21)(H,17,23)(H,18,22)(H,19,24)(H,25,26). The van der Waals surface area contributed by atoms with Crippen molar-refractivity contribution in [3.8, 4) is 0 Å². The van der Waals surface area contributed by atoms with E-state index in [9.17, 15) is 24.0 Å². The lowest BCUT2D eigenvalue weighted by Gasteiger charge is -2.21. The molecule has 0 aromatic heterocycles. The van der Waals surface area contributed by atoms with E-state index >= 15 is 0 Å². The molecule has 0 aliphatic carbocycles. The zero-order valence-corrected chi connectivity index (χ0v) is 14.5. The maximum atomic E-state index is 12.1. The number of aliphatic hydroxyl groups is 1. The molecule has 12 nitrogen and oxygen atoms in total. The highest BCUT2D eigenvalue weighted by Crippen LogP contribution is 2.00. The first-order valence-corrected chi connectivity index (χ1v) is 7.74. The number of carboxylic acids is 1. The number of nitrogens with two attached hydrogens (primary N) is 2. The van der Waals surface area contributed by atoms with Crippen LogP contribution in [0.15, 0.2) is 0 Å². The molecule has 0 aromatic carbocycles. The second kappa shape index (κ2) is 11.0. The monoisotopic (exact) mass is 375 g/mol. The first-order valence-electron chi connectivity index (χ1n) is 7.74. The average molecular weight is 375 g/mol. The van der Waals surface area contributed by atoms with E-state index in [1.807, 2.05) is 5.32 Å². The molecule has 0 spiro atoms. The summed E-state index contributed by atoms with van der Waals surface area (Å²) in [5.74, 6) is -4.96. The molecule has 0 aliphatic heterocycles. The van der Waals surface area contributed by atoms with Gasteiger partial charge in [0.05, 0.1) is 25.6 Å². The molecule has 0 aromatic rings. The van der Waals surface area contributed by atoms with E-state index in [4.69, 9.17) is 21.7 Å². The number of carboxylic acid groups (broad SMARTS) is 1. The minimum atomic E-state index is -1.52. The summed E-state index contributed by atoms with van der Waals surface area (Å²) in [5.41, 5.74) is 10.7. The van der Waals surface area contributed by atoms with Gasteiger partial charge in [-0.2, -0.15) is 0 Å². The van der Waals surface area contributed by atoms with Gasteiger partial charge in [0.25, 0.3) is 0 Å². The number of aliphatic hydroxyl groups excluding tert-OH is 1. The van der Waals surface area contributed by atoms with E-state index in [1.165, 1.54) is 0 Å². The summed E-state index contributed by atoms with van der Waals surface area (Å²) in [6.07, 6.45) is -0.515. The van der Waals surface area contributed by atoms with Crippen molar-refractivity contribution in [1.82, 2.24) is 16.0 Å². The molecule has 0 aliphatic rings. The number of hydrogen-bond donors (Lipinski definition) is 7. The lowest BCUT2D eigenvalue weighted by molar-refractivity contribution is -0.143. The van der Waals surface area contributed by atoms with Crippen molar-refractivity contribution < 1.29 is 34.2 Å². The number of hydrogen-bond acceptors (Lipinski definition) is 7. The van der Waals surface area contributed by atoms with E-state index in [0.29, 0.717) is 0 Å². The van der Waals surface area contributed by atoms with Crippen LogP contribution >= 0.6 is 0 Å².